The van der Waals surface area contributed by atoms with Gasteiger partial charge >= 0.3 is 0 Å². The second kappa shape index (κ2) is 6.12. The number of hydrogen-bond donors (Lipinski definition) is 1. The maximum atomic E-state index is 4.33. The van der Waals surface area contributed by atoms with Crippen LogP contribution in [0.15, 0.2) is 17.6 Å². The number of nitrogens with zero attached hydrogens (tertiary/aromatic N) is 2. The highest BCUT2D eigenvalue weighted by molar-refractivity contribution is 7.19. The third-order valence-electron chi connectivity index (χ3n) is 3.52. The standard InChI is InChI=1S/C16H19N3S2/c1-4-5-14-11(3)15-16(21-14)13(8-18-19-15)17-7-12-6-10(2)9-20-12/h6,8-9H,4-5,7H2,1-3H3,(H,17,19). The molecule has 0 aliphatic rings. The fourth-order valence-corrected chi connectivity index (χ4v) is 4.56. The van der Waals surface area contributed by atoms with Gasteiger partial charge < -0.3 is 5.32 Å². The van der Waals surface area contributed by atoms with Gasteiger partial charge in [-0.1, -0.05) is 13.3 Å². The van der Waals surface area contributed by atoms with Crippen molar-refractivity contribution in [2.75, 3.05) is 5.32 Å². The molecular formula is C16H19N3S2. The smallest absolute Gasteiger partial charge is 0.109 e. The zero-order valence-electron chi connectivity index (χ0n) is 12.6. The fraction of sp³-hybridized carbons (Fsp3) is 0.375. The zero-order valence-corrected chi connectivity index (χ0v) is 14.2. The van der Waals surface area contributed by atoms with Crippen molar-refractivity contribution >= 4 is 38.6 Å². The van der Waals surface area contributed by atoms with Crippen LogP contribution in [0.2, 0.25) is 0 Å². The number of hydrogen-bond acceptors (Lipinski definition) is 5. The molecule has 3 heterocycles. The zero-order chi connectivity index (χ0) is 14.8. The first-order valence-corrected chi connectivity index (χ1v) is 8.90. The third kappa shape index (κ3) is 2.94. The van der Waals surface area contributed by atoms with Gasteiger partial charge in [0.25, 0.3) is 0 Å². The quantitative estimate of drug-likeness (QED) is 0.724. The van der Waals surface area contributed by atoms with Gasteiger partial charge in [-0.3, -0.25) is 0 Å². The summed E-state index contributed by atoms with van der Waals surface area (Å²) in [4.78, 5) is 2.78. The molecule has 3 rings (SSSR count). The predicted molar refractivity (Wildman–Crippen MR) is 92.5 cm³/mol. The molecule has 0 fully saturated rings. The molecular weight excluding hydrogens is 298 g/mol. The van der Waals surface area contributed by atoms with E-state index in [2.05, 4.69) is 47.7 Å². The lowest BCUT2D eigenvalue weighted by atomic mass is 10.2. The summed E-state index contributed by atoms with van der Waals surface area (Å²) in [5.74, 6) is 0. The second-order valence-electron chi connectivity index (χ2n) is 5.28. The molecule has 1 N–H and O–H groups in total. The van der Waals surface area contributed by atoms with Crippen LogP contribution < -0.4 is 5.32 Å². The number of nitrogens with one attached hydrogen (secondary N) is 1. The summed E-state index contributed by atoms with van der Waals surface area (Å²) >= 11 is 3.65. The summed E-state index contributed by atoms with van der Waals surface area (Å²) in [6, 6.07) is 2.23. The van der Waals surface area contributed by atoms with Gasteiger partial charge in [0.1, 0.15) is 5.52 Å². The van der Waals surface area contributed by atoms with Crippen molar-refractivity contribution < 1.29 is 0 Å². The van der Waals surface area contributed by atoms with Crippen LogP contribution in [0.3, 0.4) is 0 Å². The highest BCUT2D eigenvalue weighted by Crippen LogP contribution is 2.34. The Morgan fingerprint density at radius 1 is 1.29 bits per heavy atom. The third-order valence-corrected chi connectivity index (χ3v) is 5.95. The monoisotopic (exact) mass is 317 g/mol. The Bertz CT molecular complexity index is 758. The molecule has 0 unspecified atom stereocenters. The summed E-state index contributed by atoms with van der Waals surface area (Å²) in [5, 5.41) is 14.2. The number of fused-ring (bicyclic) bond motifs is 1. The first-order valence-electron chi connectivity index (χ1n) is 7.20. The summed E-state index contributed by atoms with van der Waals surface area (Å²) in [7, 11) is 0. The van der Waals surface area contributed by atoms with Crippen molar-refractivity contribution in [1.29, 1.82) is 0 Å². The Balaban J connectivity index is 1.89. The van der Waals surface area contributed by atoms with Gasteiger partial charge in [0.05, 0.1) is 16.6 Å². The summed E-state index contributed by atoms with van der Waals surface area (Å²) < 4.78 is 1.24. The summed E-state index contributed by atoms with van der Waals surface area (Å²) in [5.41, 5.74) is 4.77. The van der Waals surface area contributed by atoms with Crippen LogP contribution in [-0.4, -0.2) is 10.2 Å². The van der Waals surface area contributed by atoms with E-state index >= 15 is 0 Å². The van der Waals surface area contributed by atoms with Crippen LogP contribution in [0.4, 0.5) is 5.69 Å². The molecule has 3 aromatic rings. The van der Waals surface area contributed by atoms with Crippen LogP contribution in [0, 0.1) is 13.8 Å². The maximum absolute atomic E-state index is 4.33. The topological polar surface area (TPSA) is 37.8 Å². The van der Waals surface area contributed by atoms with E-state index in [1.807, 2.05) is 17.5 Å². The Labute approximate surface area is 133 Å². The number of aryl methyl sites for hydroxylation is 3. The highest BCUT2D eigenvalue weighted by atomic mass is 32.1. The van der Waals surface area contributed by atoms with Gasteiger partial charge in [0.15, 0.2) is 0 Å². The molecule has 0 spiro atoms. The molecule has 21 heavy (non-hydrogen) atoms. The van der Waals surface area contributed by atoms with Gasteiger partial charge in [0.2, 0.25) is 0 Å². The van der Waals surface area contributed by atoms with E-state index in [1.165, 1.54) is 32.0 Å². The molecule has 0 amide bonds. The molecule has 0 aromatic carbocycles. The maximum Gasteiger partial charge on any atom is 0.109 e. The fourth-order valence-electron chi connectivity index (χ4n) is 2.41. The molecule has 0 saturated carbocycles. The molecule has 3 nitrogen and oxygen atoms in total. The van der Waals surface area contributed by atoms with Gasteiger partial charge in [-0.15, -0.1) is 27.8 Å². The average molecular weight is 317 g/mol. The molecule has 0 radical (unpaired) electrons. The van der Waals surface area contributed by atoms with Gasteiger partial charge in [-0.05, 0) is 42.8 Å². The van der Waals surface area contributed by atoms with E-state index in [4.69, 9.17) is 0 Å². The first kappa shape index (κ1) is 14.5. The number of aromatic nitrogens is 2. The van der Waals surface area contributed by atoms with Gasteiger partial charge in [-0.25, -0.2) is 0 Å². The number of anilines is 1. The minimum Gasteiger partial charge on any atom is -0.378 e. The molecule has 0 saturated heterocycles. The SMILES string of the molecule is CCCc1sc2c(NCc3cc(C)cs3)cnnc2c1C. The normalized spacial score (nSPS) is 11.2. The minimum absolute atomic E-state index is 0.847. The van der Waals surface area contributed by atoms with Crippen molar-refractivity contribution in [3.63, 3.8) is 0 Å². The van der Waals surface area contributed by atoms with Crippen LogP contribution in [0.5, 0.6) is 0 Å². The average Bonchev–Trinajstić information content (AvgIpc) is 3.03. The molecule has 0 aliphatic heterocycles. The lowest BCUT2D eigenvalue weighted by molar-refractivity contribution is 0.932. The minimum atomic E-state index is 0.847. The van der Waals surface area contributed by atoms with Crippen molar-refractivity contribution in [1.82, 2.24) is 10.2 Å². The molecule has 0 atom stereocenters. The van der Waals surface area contributed by atoms with E-state index in [0.29, 0.717) is 0 Å². The van der Waals surface area contributed by atoms with Crippen molar-refractivity contribution in [3.8, 4) is 0 Å². The largest absolute Gasteiger partial charge is 0.378 e. The van der Waals surface area contributed by atoms with Gasteiger partial charge in [-0.2, -0.15) is 5.10 Å². The Morgan fingerprint density at radius 2 is 2.14 bits per heavy atom. The Kier molecular flexibility index (Phi) is 4.22. The van der Waals surface area contributed by atoms with E-state index in [9.17, 15) is 0 Å². The molecule has 3 aromatic heterocycles. The van der Waals surface area contributed by atoms with Crippen LogP contribution in [0.1, 0.15) is 34.2 Å². The molecule has 0 aliphatic carbocycles. The lowest BCUT2D eigenvalue weighted by Crippen LogP contribution is -1.98. The molecule has 110 valence electrons. The second-order valence-corrected chi connectivity index (χ2v) is 7.38. The van der Waals surface area contributed by atoms with E-state index < -0.39 is 0 Å². The number of rotatable bonds is 5. The van der Waals surface area contributed by atoms with Crippen molar-refractivity contribution in [2.24, 2.45) is 0 Å². The van der Waals surface area contributed by atoms with Crippen molar-refractivity contribution in [2.45, 2.75) is 40.2 Å². The van der Waals surface area contributed by atoms with Crippen LogP contribution in [0.25, 0.3) is 10.2 Å². The Hall–Kier alpha value is -1.46. The van der Waals surface area contributed by atoms with Crippen molar-refractivity contribution in [3.05, 3.63) is 38.5 Å². The van der Waals surface area contributed by atoms with Crippen LogP contribution in [-0.2, 0) is 13.0 Å². The Morgan fingerprint density at radius 3 is 2.86 bits per heavy atom. The highest BCUT2D eigenvalue weighted by Gasteiger charge is 2.13. The van der Waals surface area contributed by atoms with Gasteiger partial charge in [0, 0.05) is 16.3 Å². The predicted octanol–water partition coefficient (Wildman–Crippen LogP) is 4.93. The summed E-state index contributed by atoms with van der Waals surface area (Å²) in [6.07, 6.45) is 4.13. The van der Waals surface area contributed by atoms with E-state index in [-0.39, 0.29) is 0 Å². The summed E-state index contributed by atoms with van der Waals surface area (Å²) in [6.45, 7) is 7.35. The van der Waals surface area contributed by atoms with E-state index in [1.54, 1.807) is 11.3 Å². The lowest BCUT2D eigenvalue weighted by Gasteiger charge is -2.04. The first-order chi connectivity index (χ1) is 10.2. The molecule has 0 bridgehead atoms. The van der Waals surface area contributed by atoms with E-state index in [0.717, 1.165) is 24.2 Å². The molecule has 5 heteroatoms. The number of thiophene rings is 2. The van der Waals surface area contributed by atoms with Crippen LogP contribution >= 0.6 is 22.7 Å².